The summed E-state index contributed by atoms with van der Waals surface area (Å²) in [6.07, 6.45) is 0.839. The van der Waals surface area contributed by atoms with E-state index in [1.807, 2.05) is 0 Å². The minimum Gasteiger partial charge on any atom is -0.396 e. The molecule has 2 saturated carbocycles. The van der Waals surface area contributed by atoms with E-state index in [9.17, 15) is 29.4 Å². The third kappa shape index (κ3) is 5.11. The highest BCUT2D eigenvalue weighted by atomic mass is 32.5. The molecule has 23 heteroatoms. The molecule has 4 fully saturated rings. The number of anilines is 1. The monoisotopic (exact) mass is 729 g/mol. The van der Waals surface area contributed by atoms with Crippen LogP contribution in [0.15, 0.2) is 23.8 Å². The maximum absolute atomic E-state index is 13.7. The van der Waals surface area contributed by atoms with Crippen LogP contribution >= 0.6 is 26.3 Å². The van der Waals surface area contributed by atoms with Crippen LogP contribution in [0.3, 0.4) is 0 Å². The van der Waals surface area contributed by atoms with Gasteiger partial charge >= 0.3 is 14.5 Å². The molecule has 6 heterocycles. The van der Waals surface area contributed by atoms with Gasteiger partial charge < -0.3 is 44.3 Å². The number of fused-ring (bicyclic) bond motifs is 4. The fourth-order valence-electron chi connectivity index (χ4n) is 7.23. The molecule has 2 saturated heterocycles. The molecule has 2 aliphatic heterocycles. The van der Waals surface area contributed by atoms with Crippen molar-refractivity contribution in [3.63, 3.8) is 0 Å². The first-order chi connectivity index (χ1) is 22.3. The number of aliphatic hydroxyl groups is 2. The summed E-state index contributed by atoms with van der Waals surface area (Å²) in [5.74, 6) is -0.731. The predicted molar refractivity (Wildman–Crippen MR) is 167 cm³/mol. The number of nitrogen functional groups attached to an aromatic ring is 1. The summed E-state index contributed by atoms with van der Waals surface area (Å²) in [5.41, 5.74) is 5.38. The molecule has 11 atom stereocenters. The number of nitrogens with zero attached hydrogens (tertiary/aromatic N) is 7. The Balaban J connectivity index is 1.15. The Labute approximate surface area is 273 Å². The number of phosphoric ester groups is 1. The summed E-state index contributed by atoms with van der Waals surface area (Å²) in [7, 11) is -4.87. The van der Waals surface area contributed by atoms with Crippen molar-refractivity contribution in [2.75, 3.05) is 25.6 Å². The molecule has 4 aromatic rings. The molecule has 7 N–H and O–H groups in total. The van der Waals surface area contributed by atoms with Gasteiger partial charge in [0, 0.05) is 23.2 Å². The van der Waals surface area contributed by atoms with Crippen LogP contribution in [-0.2, 0) is 34.5 Å². The summed E-state index contributed by atoms with van der Waals surface area (Å²) in [4.78, 5) is 58.6. The molecule has 2 bridgehead atoms. The third-order valence-electron chi connectivity index (χ3n) is 9.46. The molecule has 0 aromatic carbocycles. The first-order valence-electron chi connectivity index (χ1n) is 14.4. The Hall–Kier alpha value is -2.39. The molecule has 3 unspecified atom stereocenters. The minimum atomic E-state index is -4.87. The van der Waals surface area contributed by atoms with Crippen LogP contribution in [0.1, 0.15) is 23.7 Å². The molecule has 4 aromatic heterocycles. The van der Waals surface area contributed by atoms with Crippen LogP contribution in [0.5, 0.6) is 0 Å². The molecule has 19 nitrogen and oxygen atoms in total. The van der Waals surface area contributed by atoms with Crippen molar-refractivity contribution < 1.29 is 42.7 Å². The number of nitrogens with one attached hydrogen (secondary N) is 1. The second-order valence-corrected chi connectivity index (χ2v) is 17.7. The lowest BCUT2D eigenvalue weighted by atomic mass is 10.00. The number of aromatic amines is 1. The molecule has 4 aliphatic rings. The van der Waals surface area contributed by atoms with Gasteiger partial charge in [0.1, 0.15) is 41.4 Å². The number of rotatable bonds is 3. The van der Waals surface area contributed by atoms with E-state index in [0.717, 1.165) is 0 Å². The van der Waals surface area contributed by atoms with Gasteiger partial charge in [-0.3, -0.25) is 18.4 Å². The maximum atomic E-state index is 13.7. The van der Waals surface area contributed by atoms with Gasteiger partial charge in [-0.1, -0.05) is 0 Å². The Morgan fingerprint density at radius 1 is 1.15 bits per heavy atom. The zero-order chi connectivity index (χ0) is 33.0. The van der Waals surface area contributed by atoms with Gasteiger partial charge in [-0.05, 0) is 31.1 Å². The van der Waals surface area contributed by atoms with E-state index >= 15 is 0 Å². The molecule has 47 heavy (non-hydrogen) atoms. The molecule has 1 spiro atoms. The largest absolute Gasteiger partial charge is 0.472 e. The molecule has 2 aliphatic carbocycles. The standard InChI is InChI=1S/C24H29N9O10P2S2/c1-9-30-21-14(22(36)31-9)29-8-33(21)23-17-10(3-34)12(47-23)4-40-45(39,46)43-18-16(35)15(11-2-24(11,18)5-41-44(37,38)42-17)32-7-28-13-19(25)26-6-27-20(13)32/h6-8,10-12,15-18,23,34-35H,2-5H2,1H3,(H,37,38)(H,39,46)(H2,25,26,27)(H,30,31,36)/t10-,11-,12-,15-,16+,17-,18+,23-,24?,45?/m1/s1. The quantitative estimate of drug-likeness (QED) is 0.153. The van der Waals surface area contributed by atoms with Crippen LogP contribution in [0.2, 0.25) is 0 Å². The van der Waals surface area contributed by atoms with Gasteiger partial charge in [-0.25, -0.2) is 29.5 Å². The Morgan fingerprint density at radius 2 is 1.91 bits per heavy atom. The number of aliphatic hydroxyl groups excluding tert-OH is 2. The highest BCUT2D eigenvalue weighted by Gasteiger charge is 2.74. The lowest BCUT2D eigenvalue weighted by molar-refractivity contribution is -0.0251. The fourth-order valence-corrected chi connectivity index (χ4v) is 11.6. The van der Waals surface area contributed by atoms with Gasteiger partial charge in [0.05, 0.1) is 31.9 Å². The fraction of sp³-hybridized carbons (Fsp3) is 0.583. The number of thioether (sulfide) groups is 1. The van der Waals surface area contributed by atoms with Gasteiger partial charge in [0.2, 0.25) is 0 Å². The van der Waals surface area contributed by atoms with Crippen molar-refractivity contribution in [1.82, 2.24) is 39.0 Å². The second kappa shape index (κ2) is 11.1. The molecular weight excluding hydrogens is 700 g/mol. The number of aryl methyl sites for hydroxylation is 1. The van der Waals surface area contributed by atoms with E-state index < -0.39 is 79.6 Å². The van der Waals surface area contributed by atoms with Crippen LogP contribution < -0.4 is 11.3 Å². The number of aromatic nitrogens is 8. The maximum Gasteiger partial charge on any atom is 0.472 e. The number of H-pyrrole nitrogens is 1. The van der Waals surface area contributed by atoms with Gasteiger partial charge in [-0.2, -0.15) is 0 Å². The molecular formula is C24H29N9O10P2S2. The van der Waals surface area contributed by atoms with Crippen LogP contribution in [0.25, 0.3) is 22.3 Å². The van der Waals surface area contributed by atoms with Crippen LogP contribution in [-0.4, -0.2) is 102 Å². The van der Waals surface area contributed by atoms with E-state index in [1.54, 1.807) is 11.5 Å². The average molecular weight is 730 g/mol. The first kappa shape index (κ1) is 31.9. The van der Waals surface area contributed by atoms with Crippen molar-refractivity contribution in [3.8, 4) is 0 Å². The normalized spacial score (nSPS) is 40.4. The lowest BCUT2D eigenvalue weighted by Gasteiger charge is -2.31. The van der Waals surface area contributed by atoms with Gasteiger partial charge in [-0.15, -0.1) is 11.8 Å². The average Bonchev–Trinajstić information content (AvgIpc) is 3.30. The Morgan fingerprint density at radius 3 is 2.70 bits per heavy atom. The van der Waals surface area contributed by atoms with E-state index in [0.29, 0.717) is 23.4 Å². The van der Waals surface area contributed by atoms with Crippen LogP contribution in [0.4, 0.5) is 5.82 Å². The Bertz CT molecular complexity index is 2060. The number of hydrogen-bond donors (Lipinski definition) is 6. The Kier molecular flexibility index (Phi) is 7.50. The summed E-state index contributed by atoms with van der Waals surface area (Å²) >= 11 is 6.60. The molecule has 252 valence electrons. The lowest BCUT2D eigenvalue weighted by Crippen LogP contribution is -2.38. The van der Waals surface area contributed by atoms with E-state index in [1.165, 1.54) is 35.3 Å². The summed E-state index contributed by atoms with van der Waals surface area (Å²) < 4.78 is 40.1. The number of hydrogen-bond acceptors (Lipinski definition) is 16. The second-order valence-electron chi connectivity index (χ2n) is 12.1. The smallest absolute Gasteiger partial charge is 0.396 e. The van der Waals surface area contributed by atoms with Crippen molar-refractivity contribution >= 4 is 66.3 Å². The zero-order valence-electron chi connectivity index (χ0n) is 24.3. The number of imidazole rings is 2. The third-order valence-corrected chi connectivity index (χ3v) is 13.6. The van der Waals surface area contributed by atoms with Crippen molar-refractivity contribution in [2.24, 2.45) is 17.3 Å². The van der Waals surface area contributed by atoms with E-state index in [4.69, 9.17) is 35.6 Å². The SMILES string of the molecule is Cc1nc2c(ncn2[C@@H]2S[C@@H]3COP(O)(=S)O[C@H]4[C@@H](O)[C@H](n5cnc6c(N)ncnc65)[C@H]5CC54COP(=O)(O)O[C@@H]2[C@@H]3CO)c(=O)[nH]1. The molecule has 0 amide bonds. The summed E-state index contributed by atoms with van der Waals surface area (Å²) in [6.45, 7) is -3.63. The highest BCUT2D eigenvalue weighted by Crippen LogP contribution is 2.72. The highest BCUT2D eigenvalue weighted by molar-refractivity contribution is 8.07. The number of phosphoric acid groups is 1. The molecule has 0 radical (unpaired) electrons. The van der Waals surface area contributed by atoms with E-state index in [2.05, 4.69) is 29.9 Å². The predicted octanol–water partition coefficient (Wildman–Crippen LogP) is 0.129. The van der Waals surface area contributed by atoms with Crippen molar-refractivity contribution in [2.45, 2.75) is 48.3 Å². The molecule has 8 rings (SSSR count). The van der Waals surface area contributed by atoms with Crippen molar-refractivity contribution in [1.29, 1.82) is 0 Å². The minimum absolute atomic E-state index is 0.0476. The van der Waals surface area contributed by atoms with Gasteiger partial charge in [0.25, 0.3) is 5.56 Å². The van der Waals surface area contributed by atoms with Gasteiger partial charge in [0.15, 0.2) is 22.6 Å². The van der Waals surface area contributed by atoms with Crippen molar-refractivity contribution in [3.05, 3.63) is 35.2 Å². The van der Waals surface area contributed by atoms with E-state index in [-0.39, 0.29) is 29.5 Å². The summed E-state index contributed by atoms with van der Waals surface area (Å²) in [6, 6.07) is -0.701. The first-order valence-corrected chi connectivity index (χ1v) is 19.5. The number of nitrogens with two attached hydrogens (primary N) is 1. The topological polar surface area (TPSA) is 268 Å². The van der Waals surface area contributed by atoms with Crippen LogP contribution in [0, 0.1) is 24.2 Å². The zero-order valence-corrected chi connectivity index (χ0v) is 27.8. The summed E-state index contributed by atoms with van der Waals surface area (Å²) in [5, 5.41) is 20.6.